The van der Waals surface area contributed by atoms with E-state index in [1.54, 1.807) is 19.2 Å². The fourth-order valence-corrected chi connectivity index (χ4v) is 4.67. The van der Waals surface area contributed by atoms with Gasteiger partial charge in [0.15, 0.2) is 0 Å². The molecular weight excluding hydrogens is 454 g/mol. The van der Waals surface area contributed by atoms with E-state index in [1.165, 1.54) is 35.3 Å². The van der Waals surface area contributed by atoms with Crippen molar-refractivity contribution in [3.8, 4) is 0 Å². The van der Waals surface area contributed by atoms with Crippen molar-refractivity contribution >= 4 is 45.1 Å². The molecule has 0 radical (unpaired) electrons. The molecule has 4 rings (SSSR count). The summed E-state index contributed by atoms with van der Waals surface area (Å²) in [5.74, 6) is -1.61. The van der Waals surface area contributed by atoms with E-state index < -0.39 is 21.8 Å². The first-order valence-corrected chi connectivity index (χ1v) is 11.5. The molecule has 1 N–H and O–H groups in total. The zero-order valence-corrected chi connectivity index (χ0v) is 19.3. The minimum Gasteiger partial charge on any atom is -0.279 e. The molecule has 0 fully saturated rings. The molecule has 166 valence electrons. The number of hydrogen-bond donors (Lipinski definition) is 1. The van der Waals surface area contributed by atoms with Gasteiger partial charge in [-0.15, -0.1) is 5.10 Å². The third-order valence-corrected chi connectivity index (χ3v) is 6.75. The molecule has 0 aliphatic carbocycles. The number of carbonyl (C=O) groups excluding carboxylic acids is 2. The number of hydrogen-bond acceptors (Lipinski definition) is 6. The van der Waals surface area contributed by atoms with Crippen molar-refractivity contribution in [2.75, 3.05) is 9.62 Å². The summed E-state index contributed by atoms with van der Waals surface area (Å²) in [5, 5.41) is 4.02. The summed E-state index contributed by atoms with van der Waals surface area (Å²) in [6, 6.07) is 9.19. The second kappa shape index (κ2) is 7.42. The Morgan fingerprint density at radius 1 is 0.969 bits per heavy atom. The molecule has 11 heteroatoms. The molecule has 2 aromatic carbocycles. The van der Waals surface area contributed by atoms with Gasteiger partial charge in [-0.2, -0.15) is 4.98 Å². The Hall–Kier alpha value is -3.24. The first-order chi connectivity index (χ1) is 14.9. The SMILES string of the molecule is Cn1cnc(N2C(=O)c3c(Cl)ccc(NS(=O)(=O)c4ccc(C(C)(C)C)cc4)c3C2=O)n1. The van der Waals surface area contributed by atoms with Gasteiger partial charge in [0.1, 0.15) is 6.33 Å². The van der Waals surface area contributed by atoms with Crippen LogP contribution >= 0.6 is 11.6 Å². The average molecular weight is 474 g/mol. The second-order valence-corrected chi connectivity index (χ2v) is 10.5. The average Bonchev–Trinajstić information content (AvgIpc) is 3.24. The molecule has 9 nitrogen and oxygen atoms in total. The van der Waals surface area contributed by atoms with Gasteiger partial charge < -0.3 is 0 Å². The maximum atomic E-state index is 13.1. The molecule has 0 atom stereocenters. The Bertz CT molecular complexity index is 1360. The first-order valence-electron chi connectivity index (χ1n) is 9.60. The van der Waals surface area contributed by atoms with E-state index in [1.807, 2.05) is 20.8 Å². The molecule has 0 spiro atoms. The third kappa shape index (κ3) is 3.65. The molecule has 1 aromatic heterocycles. The molecule has 1 aliphatic heterocycles. The predicted octanol–water partition coefficient (Wildman–Crippen LogP) is 3.37. The van der Waals surface area contributed by atoms with Crippen molar-refractivity contribution in [3.63, 3.8) is 0 Å². The van der Waals surface area contributed by atoms with E-state index in [2.05, 4.69) is 14.8 Å². The second-order valence-electron chi connectivity index (χ2n) is 8.39. The Labute approximate surface area is 190 Å². The van der Waals surface area contributed by atoms with E-state index in [4.69, 9.17) is 11.6 Å². The lowest BCUT2D eigenvalue weighted by Gasteiger charge is -2.19. The quantitative estimate of drug-likeness (QED) is 0.581. The van der Waals surface area contributed by atoms with Crippen molar-refractivity contribution < 1.29 is 18.0 Å². The number of carbonyl (C=O) groups is 2. The zero-order chi connectivity index (χ0) is 23.4. The minimum absolute atomic E-state index is 0.0224. The monoisotopic (exact) mass is 473 g/mol. The number of fused-ring (bicyclic) bond motifs is 1. The van der Waals surface area contributed by atoms with Gasteiger partial charge in [-0.3, -0.25) is 19.0 Å². The number of rotatable bonds is 4. The molecule has 0 unspecified atom stereocenters. The van der Waals surface area contributed by atoms with Crippen molar-refractivity contribution in [3.05, 3.63) is 64.4 Å². The number of halogens is 1. The van der Waals surface area contributed by atoms with Gasteiger partial charge >= 0.3 is 0 Å². The van der Waals surface area contributed by atoms with E-state index >= 15 is 0 Å². The predicted molar refractivity (Wildman–Crippen MR) is 120 cm³/mol. The van der Waals surface area contributed by atoms with Crippen molar-refractivity contribution in [1.82, 2.24) is 14.8 Å². The summed E-state index contributed by atoms with van der Waals surface area (Å²) in [4.78, 5) is 30.7. The highest BCUT2D eigenvalue weighted by molar-refractivity contribution is 7.92. The van der Waals surface area contributed by atoms with E-state index in [-0.39, 0.29) is 38.1 Å². The van der Waals surface area contributed by atoms with Crippen LogP contribution in [0.2, 0.25) is 5.02 Å². The molecule has 0 saturated heterocycles. The summed E-state index contributed by atoms with van der Waals surface area (Å²) >= 11 is 6.19. The van der Waals surface area contributed by atoms with Gasteiger partial charge in [-0.05, 0) is 35.2 Å². The molecule has 2 amide bonds. The smallest absolute Gasteiger partial charge is 0.270 e. The highest BCUT2D eigenvalue weighted by Gasteiger charge is 2.42. The number of aryl methyl sites for hydroxylation is 1. The largest absolute Gasteiger partial charge is 0.279 e. The van der Waals surface area contributed by atoms with Gasteiger partial charge in [0.05, 0.1) is 26.7 Å². The fraction of sp³-hybridized carbons (Fsp3) is 0.238. The zero-order valence-electron chi connectivity index (χ0n) is 17.7. The normalized spacial score (nSPS) is 14.1. The molecule has 32 heavy (non-hydrogen) atoms. The van der Waals surface area contributed by atoms with Crippen LogP contribution in [-0.4, -0.2) is 35.0 Å². The maximum Gasteiger partial charge on any atom is 0.270 e. The topological polar surface area (TPSA) is 114 Å². The standard InChI is InChI=1S/C21H20ClN5O4S/c1-21(2,3)12-5-7-13(8-6-12)32(30,31)25-15-10-9-14(22)16-17(15)19(29)27(18(16)28)20-23-11-26(4)24-20/h5-11,25H,1-4H3. The molecule has 1 aliphatic rings. The van der Waals surface area contributed by atoms with Crippen LogP contribution in [0.25, 0.3) is 0 Å². The van der Waals surface area contributed by atoms with Crippen LogP contribution < -0.4 is 9.62 Å². The van der Waals surface area contributed by atoms with Gasteiger partial charge in [-0.25, -0.2) is 13.3 Å². The van der Waals surface area contributed by atoms with E-state index in [9.17, 15) is 18.0 Å². The van der Waals surface area contributed by atoms with Crippen LogP contribution in [0, 0.1) is 0 Å². The number of nitrogens with one attached hydrogen (secondary N) is 1. The summed E-state index contributed by atoms with van der Waals surface area (Å²) in [6.45, 7) is 6.07. The Balaban J connectivity index is 1.73. The number of sulfonamides is 1. The lowest BCUT2D eigenvalue weighted by Crippen LogP contribution is -2.30. The van der Waals surface area contributed by atoms with Crippen LogP contribution in [-0.2, 0) is 22.5 Å². The fourth-order valence-electron chi connectivity index (χ4n) is 3.36. The minimum atomic E-state index is -4.04. The summed E-state index contributed by atoms with van der Waals surface area (Å²) in [6.07, 6.45) is 1.34. The summed E-state index contributed by atoms with van der Waals surface area (Å²) in [5.41, 5.74) is 0.532. The van der Waals surface area contributed by atoms with Crippen molar-refractivity contribution in [2.45, 2.75) is 31.1 Å². The molecule has 0 saturated carbocycles. The van der Waals surface area contributed by atoms with Crippen LogP contribution in [0.4, 0.5) is 11.6 Å². The van der Waals surface area contributed by atoms with Crippen LogP contribution in [0.1, 0.15) is 47.1 Å². The van der Waals surface area contributed by atoms with Gasteiger partial charge in [0.25, 0.3) is 27.8 Å². The molecule has 0 bridgehead atoms. The molecule has 2 heterocycles. The van der Waals surface area contributed by atoms with Crippen molar-refractivity contribution in [1.29, 1.82) is 0 Å². The highest BCUT2D eigenvalue weighted by Crippen LogP contribution is 2.37. The molecule has 3 aromatic rings. The number of anilines is 2. The van der Waals surface area contributed by atoms with Gasteiger partial charge in [0, 0.05) is 7.05 Å². The van der Waals surface area contributed by atoms with Crippen molar-refractivity contribution in [2.24, 2.45) is 7.05 Å². The summed E-state index contributed by atoms with van der Waals surface area (Å²) < 4.78 is 29.8. The lowest BCUT2D eigenvalue weighted by atomic mass is 9.87. The number of imide groups is 1. The number of amides is 2. The maximum absolute atomic E-state index is 13.1. The Morgan fingerprint density at radius 3 is 2.16 bits per heavy atom. The number of benzene rings is 2. The number of nitrogens with zero attached hydrogens (tertiary/aromatic N) is 4. The van der Waals surface area contributed by atoms with Crippen LogP contribution in [0.15, 0.2) is 47.6 Å². The van der Waals surface area contributed by atoms with E-state index in [0.717, 1.165) is 10.5 Å². The number of aromatic nitrogens is 3. The summed E-state index contributed by atoms with van der Waals surface area (Å²) in [7, 11) is -2.45. The van der Waals surface area contributed by atoms with Gasteiger partial charge in [0.2, 0.25) is 0 Å². The Kier molecular flexibility index (Phi) is 5.09. The van der Waals surface area contributed by atoms with Gasteiger partial charge in [-0.1, -0.05) is 44.5 Å². The highest BCUT2D eigenvalue weighted by atomic mass is 35.5. The Morgan fingerprint density at radius 2 is 1.59 bits per heavy atom. The van der Waals surface area contributed by atoms with E-state index in [0.29, 0.717) is 0 Å². The first kappa shape index (κ1) is 22.0. The lowest BCUT2D eigenvalue weighted by molar-refractivity contribution is 0.0924. The van der Waals surface area contributed by atoms with Crippen LogP contribution in [0.5, 0.6) is 0 Å². The third-order valence-electron chi connectivity index (χ3n) is 5.05. The van der Waals surface area contributed by atoms with Crippen LogP contribution in [0.3, 0.4) is 0 Å². The molecular formula is C21H20ClN5O4S.